The second kappa shape index (κ2) is 5.71. The zero-order chi connectivity index (χ0) is 13.2. The Labute approximate surface area is 125 Å². The third-order valence-corrected chi connectivity index (χ3v) is 5.07. The molecule has 0 bridgehead atoms. The van der Waals surface area contributed by atoms with Crippen LogP contribution >= 0.6 is 27.3 Å². The maximum Gasteiger partial charge on any atom is 0.0489 e. The summed E-state index contributed by atoms with van der Waals surface area (Å²) >= 11 is 5.35. The number of nitrogens with zero attached hydrogens (tertiary/aromatic N) is 2. The van der Waals surface area contributed by atoms with E-state index in [9.17, 15) is 0 Å². The molecule has 3 nitrogen and oxygen atoms in total. The molecule has 1 aliphatic heterocycles. The number of nitrogens with two attached hydrogens (primary N) is 1. The first-order chi connectivity index (χ1) is 9.28. The van der Waals surface area contributed by atoms with E-state index in [1.165, 1.54) is 16.0 Å². The third kappa shape index (κ3) is 2.74. The van der Waals surface area contributed by atoms with Crippen molar-refractivity contribution >= 4 is 27.3 Å². The molecule has 2 aromatic heterocycles. The molecule has 0 fully saturated rings. The number of rotatable bonds is 3. The normalized spacial score (nSPS) is 17.2. The van der Waals surface area contributed by atoms with Crippen LogP contribution in [0.15, 0.2) is 34.4 Å². The van der Waals surface area contributed by atoms with Crippen molar-refractivity contribution in [1.82, 2.24) is 9.88 Å². The molecule has 0 saturated carbocycles. The van der Waals surface area contributed by atoms with Gasteiger partial charge in [0.25, 0.3) is 0 Å². The van der Waals surface area contributed by atoms with Gasteiger partial charge in [-0.1, -0.05) is 0 Å². The monoisotopic (exact) mass is 337 g/mol. The Balaban J connectivity index is 1.84. The number of aromatic nitrogens is 1. The Morgan fingerprint density at radius 1 is 1.47 bits per heavy atom. The zero-order valence-electron chi connectivity index (χ0n) is 10.6. The molecule has 0 saturated heterocycles. The third-order valence-electron chi connectivity index (χ3n) is 3.61. The van der Waals surface area contributed by atoms with Crippen LogP contribution in [0, 0.1) is 0 Å². The lowest BCUT2D eigenvalue weighted by Gasteiger charge is -2.34. The highest BCUT2D eigenvalue weighted by atomic mass is 79.9. The van der Waals surface area contributed by atoms with Crippen LogP contribution in [0.25, 0.3) is 0 Å². The van der Waals surface area contributed by atoms with Crippen LogP contribution in [0.3, 0.4) is 0 Å². The van der Waals surface area contributed by atoms with Gasteiger partial charge in [0.2, 0.25) is 0 Å². The Bertz CT molecular complexity index is 569. The largest absolute Gasteiger partial charge is 0.329 e. The maximum absolute atomic E-state index is 6.00. The van der Waals surface area contributed by atoms with Crippen molar-refractivity contribution in [2.24, 2.45) is 5.73 Å². The topological polar surface area (TPSA) is 42.1 Å². The standard InChI is InChI=1S/C14H16BrN3S/c15-12-5-11(7-17-8-12)13(6-16)18-3-1-14-10(9-18)2-4-19-14/h2,4-5,7-8,13H,1,3,6,9,16H2. The van der Waals surface area contributed by atoms with Gasteiger partial charge in [0.05, 0.1) is 0 Å². The minimum absolute atomic E-state index is 0.248. The van der Waals surface area contributed by atoms with Gasteiger partial charge >= 0.3 is 0 Å². The quantitative estimate of drug-likeness (QED) is 0.936. The molecule has 2 aromatic rings. The lowest BCUT2D eigenvalue weighted by Crippen LogP contribution is -2.37. The molecule has 3 heterocycles. The molecule has 0 amide bonds. The van der Waals surface area contributed by atoms with Gasteiger partial charge < -0.3 is 5.73 Å². The van der Waals surface area contributed by atoms with Gasteiger partial charge in [-0.3, -0.25) is 9.88 Å². The highest BCUT2D eigenvalue weighted by Gasteiger charge is 2.24. The Morgan fingerprint density at radius 2 is 2.37 bits per heavy atom. The molecule has 0 radical (unpaired) electrons. The molecule has 0 aliphatic carbocycles. The molecule has 3 rings (SSSR count). The Hall–Kier alpha value is -0.750. The summed E-state index contributed by atoms with van der Waals surface area (Å²) in [6, 6.07) is 4.60. The molecule has 100 valence electrons. The van der Waals surface area contributed by atoms with E-state index in [0.717, 1.165) is 24.0 Å². The van der Waals surface area contributed by atoms with Gasteiger partial charge in [-0.25, -0.2) is 0 Å². The summed E-state index contributed by atoms with van der Waals surface area (Å²) in [5.41, 5.74) is 8.65. The van der Waals surface area contributed by atoms with E-state index < -0.39 is 0 Å². The van der Waals surface area contributed by atoms with E-state index in [4.69, 9.17) is 5.73 Å². The van der Waals surface area contributed by atoms with Crippen LogP contribution in [-0.2, 0) is 13.0 Å². The summed E-state index contributed by atoms with van der Waals surface area (Å²) in [5.74, 6) is 0. The molecule has 19 heavy (non-hydrogen) atoms. The second-order valence-electron chi connectivity index (χ2n) is 4.78. The predicted octanol–water partition coefficient (Wildman–Crippen LogP) is 2.96. The molecular formula is C14H16BrN3S. The van der Waals surface area contributed by atoms with E-state index in [2.05, 4.69) is 43.3 Å². The number of fused-ring (bicyclic) bond motifs is 1. The highest BCUT2D eigenvalue weighted by Crippen LogP contribution is 2.30. The maximum atomic E-state index is 6.00. The average molecular weight is 338 g/mol. The summed E-state index contributed by atoms with van der Waals surface area (Å²) in [4.78, 5) is 8.24. The Kier molecular flexibility index (Phi) is 3.98. The number of halogens is 1. The molecule has 1 atom stereocenters. The molecule has 1 aliphatic rings. The van der Waals surface area contributed by atoms with Crippen molar-refractivity contribution in [1.29, 1.82) is 0 Å². The predicted molar refractivity (Wildman–Crippen MR) is 82.2 cm³/mol. The molecule has 5 heteroatoms. The van der Waals surface area contributed by atoms with Crippen LogP contribution in [0.1, 0.15) is 22.0 Å². The van der Waals surface area contributed by atoms with Crippen LogP contribution in [0.4, 0.5) is 0 Å². The van der Waals surface area contributed by atoms with Crippen molar-refractivity contribution in [3.63, 3.8) is 0 Å². The SMILES string of the molecule is NCC(c1cncc(Br)c1)N1CCc2sccc2C1. The first-order valence-corrected chi connectivity index (χ1v) is 8.05. The highest BCUT2D eigenvalue weighted by molar-refractivity contribution is 9.10. The zero-order valence-corrected chi connectivity index (χ0v) is 13.0. The summed E-state index contributed by atoms with van der Waals surface area (Å²) in [6.07, 6.45) is 4.86. The van der Waals surface area contributed by atoms with Crippen molar-refractivity contribution in [2.75, 3.05) is 13.1 Å². The molecule has 2 N–H and O–H groups in total. The lowest BCUT2D eigenvalue weighted by molar-refractivity contribution is 0.184. The van der Waals surface area contributed by atoms with E-state index in [1.54, 1.807) is 0 Å². The van der Waals surface area contributed by atoms with E-state index in [1.807, 2.05) is 23.7 Å². The minimum Gasteiger partial charge on any atom is -0.329 e. The van der Waals surface area contributed by atoms with Gasteiger partial charge in [-0.2, -0.15) is 0 Å². The first-order valence-electron chi connectivity index (χ1n) is 6.37. The number of hydrogen-bond acceptors (Lipinski definition) is 4. The summed E-state index contributed by atoms with van der Waals surface area (Å²) in [5, 5.41) is 2.19. The fraction of sp³-hybridized carbons (Fsp3) is 0.357. The van der Waals surface area contributed by atoms with E-state index >= 15 is 0 Å². The van der Waals surface area contributed by atoms with Crippen molar-refractivity contribution in [3.8, 4) is 0 Å². The summed E-state index contributed by atoms with van der Waals surface area (Å²) in [7, 11) is 0. The molecule has 1 unspecified atom stereocenters. The smallest absolute Gasteiger partial charge is 0.0489 e. The van der Waals surface area contributed by atoms with Crippen molar-refractivity contribution in [3.05, 3.63) is 50.4 Å². The minimum atomic E-state index is 0.248. The lowest BCUT2D eigenvalue weighted by atomic mass is 10.0. The van der Waals surface area contributed by atoms with Crippen LogP contribution in [0.5, 0.6) is 0 Å². The fourth-order valence-electron chi connectivity index (χ4n) is 2.64. The summed E-state index contributed by atoms with van der Waals surface area (Å²) in [6.45, 7) is 2.69. The van der Waals surface area contributed by atoms with Crippen LogP contribution < -0.4 is 5.73 Å². The van der Waals surface area contributed by atoms with Crippen molar-refractivity contribution < 1.29 is 0 Å². The first kappa shape index (κ1) is 13.2. The van der Waals surface area contributed by atoms with Gasteiger partial charge in [-0.05, 0) is 51.0 Å². The molecular weight excluding hydrogens is 322 g/mol. The van der Waals surface area contributed by atoms with Gasteiger partial charge in [-0.15, -0.1) is 11.3 Å². The fourth-order valence-corrected chi connectivity index (χ4v) is 3.92. The molecule has 0 spiro atoms. The van der Waals surface area contributed by atoms with E-state index in [-0.39, 0.29) is 6.04 Å². The second-order valence-corrected chi connectivity index (χ2v) is 6.69. The number of thiophene rings is 1. The van der Waals surface area contributed by atoms with E-state index in [0.29, 0.717) is 6.54 Å². The van der Waals surface area contributed by atoms with Gasteiger partial charge in [0.1, 0.15) is 0 Å². The Morgan fingerprint density at radius 3 is 3.16 bits per heavy atom. The van der Waals surface area contributed by atoms with Crippen LogP contribution in [-0.4, -0.2) is 23.0 Å². The van der Waals surface area contributed by atoms with Crippen molar-refractivity contribution in [2.45, 2.75) is 19.0 Å². The summed E-state index contributed by atoms with van der Waals surface area (Å²) < 4.78 is 1.01. The number of hydrogen-bond donors (Lipinski definition) is 1. The number of pyridine rings is 1. The van der Waals surface area contributed by atoms with Crippen LogP contribution in [0.2, 0.25) is 0 Å². The molecule has 0 aromatic carbocycles. The van der Waals surface area contributed by atoms with Gasteiger partial charge in [0, 0.05) is 47.4 Å². The van der Waals surface area contributed by atoms with Gasteiger partial charge in [0.15, 0.2) is 0 Å². The average Bonchev–Trinajstić information content (AvgIpc) is 2.87.